The lowest BCUT2D eigenvalue weighted by Crippen LogP contribution is -2.35. The van der Waals surface area contributed by atoms with Crippen LogP contribution in [0.3, 0.4) is 0 Å². The Hall–Kier alpha value is -3.56. The minimum atomic E-state index is -4.43. The molecule has 33 heavy (non-hydrogen) atoms. The van der Waals surface area contributed by atoms with Gasteiger partial charge in [-0.3, -0.25) is 4.79 Å². The van der Waals surface area contributed by atoms with Crippen LogP contribution in [0.15, 0.2) is 59.1 Å². The quantitative estimate of drug-likeness (QED) is 0.511. The molecule has 0 atom stereocenters. The smallest absolute Gasteiger partial charge is 0.417 e. The van der Waals surface area contributed by atoms with Crippen molar-refractivity contribution in [3.63, 3.8) is 0 Å². The Bertz CT molecular complexity index is 1080. The van der Waals surface area contributed by atoms with E-state index in [4.69, 9.17) is 9.15 Å². The van der Waals surface area contributed by atoms with E-state index in [1.54, 1.807) is 17.0 Å². The molecule has 0 radical (unpaired) electrons. The predicted octanol–water partition coefficient (Wildman–Crippen LogP) is 4.76. The zero-order valence-corrected chi connectivity index (χ0v) is 17.5. The predicted molar refractivity (Wildman–Crippen MR) is 111 cm³/mol. The second-order valence-corrected chi connectivity index (χ2v) is 7.54. The maximum absolute atomic E-state index is 13.0. The summed E-state index contributed by atoms with van der Waals surface area (Å²) in [6.07, 6.45) is -2.98. The molecule has 1 fully saturated rings. The van der Waals surface area contributed by atoms with Gasteiger partial charge in [0.05, 0.1) is 5.56 Å². The number of pyridine rings is 1. The van der Waals surface area contributed by atoms with Crippen molar-refractivity contribution in [1.82, 2.24) is 9.88 Å². The molecule has 0 N–H and O–H groups in total. The summed E-state index contributed by atoms with van der Waals surface area (Å²) in [5.41, 5.74) is -0.796. The molecule has 1 aliphatic rings. The highest BCUT2D eigenvalue weighted by atomic mass is 19.4. The zero-order valence-electron chi connectivity index (χ0n) is 17.5. The number of aromatic nitrogens is 1. The Balaban J connectivity index is 1.33. The number of carbonyl (C=O) groups excluding carboxylic acids is 1. The lowest BCUT2D eigenvalue weighted by Gasteiger charge is -2.22. The van der Waals surface area contributed by atoms with E-state index < -0.39 is 11.7 Å². The molecule has 4 rings (SSSR count). The first kappa shape index (κ1) is 22.6. The van der Waals surface area contributed by atoms with Crippen LogP contribution in [-0.2, 0) is 12.8 Å². The van der Waals surface area contributed by atoms with E-state index >= 15 is 0 Å². The number of nitrogens with zero attached hydrogens (tertiary/aromatic N) is 3. The van der Waals surface area contributed by atoms with Crippen molar-refractivity contribution in [3.8, 4) is 5.75 Å². The van der Waals surface area contributed by atoms with Gasteiger partial charge in [0.1, 0.15) is 29.8 Å². The molecule has 0 unspecified atom stereocenters. The summed E-state index contributed by atoms with van der Waals surface area (Å²) in [5.74, 6) is 0.909. The Morgan fingerprint density at radius 2 is 1.79 bits per heavy atom. The van der Waals surface area contributed by atoms with Crippen LogP contribution in [0.5, 0.6) is 5.75 Å². The molecule has 0 bridgehead atoms. The SMILES string of the molecule is O=C(c1ccc(COc2ccc(F)cc2)o1)N1CCCN(c2ccc(C(F)(F)F)cn2)CC1. The van der Waals surface area contributed by atoms with E-state index in [0.29, 0.717) is 49.9 Å². The number of amides is 1. The normalized spacial score (nSPS) is 14.8. The highest BCUT2D eigenvalue weighted by molar-refractivity contribution is 5.91. The number of alkyl halides is 3. The molecule has 2 aromatic heterocycles. The molecule has 0 saturated carbocycles. The van der Waals surface area contributed by atoms with E-state index in [9.17, 15) is 22.4 Å². The van der Waals surface area contributed by atoms with Gasteiger partial charge in [-0.15, -0.1) is 0 Å². The van der Waals surface area contributed by atoms with Crippen molar-refractivity contribution in [2.24, 2.45) is 0 Å². The molecule has 3 aromatic rings. The first-order chi connectivity index (χ1) is 15.8. The maximum Gasteiger partial charge on any atom is 0.417 e. The molecule has 1 saturated heterocycles. The lowest BCUT2D eigenvalue weighted by atomic mass is 10.2. The second-order valence-electron chi connectivity index (χ2n) is 7.54. The van der Waals surface area contributed by atoms with Crippen molar-refractivity contribution < 1.29 is 31.5 Å². The summed E-state index contributed by atoms with van der Waals surface area (Å²) < 4.78 is 62.4. The third kappa shape index (κ3) is 5.63. The van der Waals surface area contributed by atoms with Crippen LogP contribution in [0.2, 0.25) is 0 Å². The molecule has 1 aromatic carbocycles. The number of anilines is 1. The number of benzene rings is 1. The van der Waals surface area contributed by atoms with Crippen molar-refractivity contribution in [1.29, 1.82) is 0 Å². The fourth-order valence-electron chi connectivity index (χ4n) is 3.50. The first-order valence-electron chi connectivity index (χ1n) is 10.3. The summed E-state index contributed by atoms with van der Waals surface area (Å²) in [6, 6.07) is 11.1. The highest BCUT2D eigenvalue weighted by Crippen LogP contribution is 2.29. The van der Waals surface area contributed by atoms with Gasteiger partial charge in [0.15, 0.2) is 5.76 Å². The fourth-order valence-corrected chi connectivity index (χ4v) is 3.50. The van der Waals surface area contributed by atoms with E-state index in [-0.39, 0.29) is 24.1 Å². The molecular weight excluding hydrogens is 442 g/mol. The van der Waals surface area contributed by atoms with Crippen molar-refractivity contribution in [3.05, 3.63) is 77.6 Å². The summed E-state index contributed by atoms with van der Waals surface area (Å²) >= 11 is 0. The van der Waals surface area contributed by atoms with E-state index in [2.05, 4.69) is 4.98 Å². The minimum Gasteiger partial charge on any atom is -0.486 e. The average molecular weight is 463 g/mol. The van der Waals surface area contributed by atoms with Gasteiger partial charge in [0.2, 0.25) is 0 Å². The molecule has 0 spiro atoms. The molecule has 3 heterocycles. The largest absolute Gasteiger partial charge is 0.486 e. The van der Waals surface area contributed by atoms with Crippen molar-refractivity contribution >= 4 is 11.7 Å². The summed E-state index contributed by atoms with van der Waals surface area (Å²) in [5, 5.41) is 0. The number of ether oxygens (including phenoxy) is 1. The van der Waals surface area contributed by atoms with Crippen LogP contribution >= 0.6 is 0 Å². The van der Waals surface area contributed by atoms with Crippen LogP contribution in [0.1, 0.15) is 28.3 Å². The third-order valence-corrected chi connectivity index (χ3v) is 5.25. The van der Waals surface area contributed by atoms with Gasteiger partial charge >= 0.3 is 6.18 Å². The lowest BCUT2D eigenvalue weighted by molar-refractivity contribution is -0.137. The van der Waals surface area contributed by atoms with E-state index in [1.165, 1.54) is 30.3 Å². The number of rotatable bonds is 5. The van der Waals surface area contributed by atoms with Crippen LogP contribution in [0, 0.1) is 5.82 Å². The van der Waals surface area contributed by atoms with Crippen LogP contribution in [-0.4, -0.2) is 42.0 Å². The monoisotopic (exact) mass is 463 g/mol. The Labute approximate surface area is 187 Å². The maximum atomic E-state index is 13.0. The van der Waals surface area contributed by atoms with Gasteiger partial charge in [-0.2, -0.15) is 13.2 Å². The Morgan fingerprint density at radius 1 is 1.00 bits per heavy atom. The summed E-state index contributed by atoms with van der Waals surface area (Å²) in [6.45, 7) is 1.95. The van der Waals surface area contributed by atoms with Gasteiger partial charge < -0.3 is 19.0 Å². The van der Waals surface area contributed by atoms with Gasteiger partial charge in [0.25, 0.3) is 5.91 Å². The number of carbonyl (C=O) groups is 1. The molecule has 6 nitrogen and oxygen atoms in total. The van der Waals surface area contributed by atoms with Crippen LogP contribution in [0.25, 0.3) is 0 Å². The van der Waals surface area contributed by atoms with Crippen LogP contribution in [0.4, 0.5) is 23.4 Å². The molecular formula is C23H21F4N3O3. The van der Waals surface area contributed by atoms with Gasteiger partial charge in [-0.05, 0) is 55.0 Å². The number of halogens is 4. The van der Waals surface area contributed by atoms with Crippen LogP contribution < -0.4 is 9.64 Å². The molecule has 10 heteroatoms. The molecule has 0 aliphatic carbocycles. The number of furan rings is 1. The Morgan fingerprint density at radius 3 is 2.48 bits per heavy atom. The standard InChI is InChI=1S/C23H21F4N3O3/c24-17-3-5-18(6-4-17)32-15-19-7-8-20(33-19)22(31)30-11-1-10-29(12-13-30)21-9-2-16(14-28-21)23(25,26)27/h2-9,14H,1,10-13,15H2. The zero-order chi connectivity index (χ0) is 23.4. The van der Waals surface area contributed by atoms with Gasteiger partial charge in [0, 0.05) is 32.4 Å². The van der Waals surface area contributed by atoms with Gasteiger partial charge in [-0.1, -0.05) is 0 Å². The minimum absolute atomic E-state index is 0.0896. The highest BCUT2D eigenvalue weighted by Gasteiger charge is 2.31. The number of hydrogen-bond donors (Lipinski definition) is 0. The van der Waals surface area contributed by atoms with Gasteiger partial charge in [-0.25, -0.2) is 9.37 Å². The first-order valence-corrected chi connectivity index (χ1v) is 10.3. The van der Waals surface area contributed by atoms with Crippen molar-refractivity contribution in [2.45, 2.75) is 19.2 Å². The molecule has 174 valence electrons. The van der Waals surface area contributed by atoms with E-state index in [1.807, 2.05) is 4.90 Å². The fraction of sp³-hybridized carbons (Fsp3) is 0.304. The average Bonchev–Trinajstić information content (AvgIpc) is 3.14. The summed E-state index contributed by atoms with van der Waals surface area (Å²) in [7, 11) is 0. The third-order valence-electron chi connectivity index (χ3n) is 5.25. The van der Waals surface area contributed by atoms with E-state index in [0.717, 1.165) is 12.3 Å². The molecule has 1 amide bonds. The topological polar surface area (TPSA) is 58.8 Å². The summed E-state index contributed by atoms with van der Waals surface area (Å²) in [4.78, 5) is 20.3. The second kappa shape index (κ2) is 9.51. The Kier molecular flexibility index (Phi) is 6.52. The number of hydrogen-bond acceptors (Lipinski definition) is 5. The molecule has 1 aliphatic heterocycles. The van der Waals surface area contributed by atoms with Crippen molar-refractivity contribution in [2.75, 3.05) is 31.1 Å².